The maximum Gasteiger partial charge on any atom is 0.406 e. The lowest BCUT2D eigenvalue weighted by Gasteiger charge is -2.23. The van der Waals surface area contributed by atoms with Crippen LogP contribution in [0.15, 0.2) is 18.2 Å². The van der Waals surface area contributed by atoms with Gasteiger partial charge < -0.3 is 9.64 Å². The lowest BCUT2D eigenvalue weighted by molar-refractivity contribution is -0.153. The number of carbonyl (C=O) groups is 2. The number of aromatic nitrogens is 3. The number of amides is 1. The molecular formula is C15H17F3N4O3. The van der Waals surface area contributed by atoms with Crippen LogP contribution in [0.4, 0.5) is 13.2 Å². The first-order valence-electron chi connectivity index (χ1n) is 7.60. The maximum absolute atomic E-state index is 12.7. The lowest BCUT2D eigenvalue weighted by atomic mass is 10.1. The normalized spacial score (nSPS) is 11.6. The third kappa shape index (κ3) is 4.68. The zero-order chi connectivity index (χ0) is 18.6. The maximum atomic E-state index is 12.7. The molecule has 0 aliphatic rings. The van der Waals surface area contributed by atoms with Gasteiger partial charge in [0.25, 0.3) is 5.91 Å². The average molecular weight is 358 g/mol. The van der Waals surface area contributed by atoms with Crippen LogP contribution < -0.4 is 0 Å². The first-order chi connectivity index (χ1) is 11.7. The third-order valence-corrected chi connectivity index (χ3v) is 3.34. The molecule has 0 bridgehead atoms. The zero-order valence-corrected chi connectivity index (χ0v) is 13.7. The Bertz CT molecular complexity index is 773. The van der Waals surface area contributed by atoms with Crippen LogP contribution in [-0.4, -0.2) is 57.6 Å². The van der Waals surface area contributed by atoms with Crippen molar-refractivity contribution in [3.63, 3.8) is 0 Å². The van der Waals surface area contributed by atoms with Crippen LogP contribution in [0.25, 0.3) is 11.0 Å². The Morgan fingerprint density at radius 2 is 2.00 bits per heavy atom. The largest absolute Gasteiger partial charge is 0.465 e. The van der Waals surface area contributed by atoms with E-state index in [0.29, 0.717) is 22.5 Å². The van der Waals surface area contributed by atoms with E-state index in [0.717, 1.165) is 0 Å². The molecule has 1 amide bonds. The molecule has 136 valence electrons. The van der Waals surface area contributed by atoms with Crippen molar-refractivity contribution in [1.29, 1.82) is 0 Å². The van der Waals surface area contributed by atoms with Crippen molar-refractivity contribution < 1.29 is 27.5 Å². The highest BCUT2D eigenvalue weighted by molar-refractivity contribution is 5.98. The number of carbonyl (C=O) groups excluding carboxylic acids is 2. The molecule has 7 nitrogen and oxygen atoms in total. The zero-order valence-electron chi connectivity index (χ0n) is 13.7. The van der Waals surface area contributed by atoms with Crippen LogP contribution >= 0.6 is 0 Å². The van der Waals surface area contributed by atoms with Gasteiger partial charge in [0.15, 0.2) is 0 Å². The smallest absolute Gasteiger partial charge is 0.406 e. The summed E-state index contributed by atoms with van der Waals surface area (Å²) >= 11 is 0. The molecule has 0 aliphatic carbocycles. The summed E-state index contributed by atoms with van der Waals surface area (Å²) in [7, 11) is 0. The van der Waals surface area contributed by atoms with E-state index in [1.807, 2.05) is 6.92 Å². The van der Waals surface area contributed by atoms with Gasteiger partial charge in [0.2, 0.25) is 0 Å². The standard InChI is InChI=1S/C15H17F3N4O3/c1-3-22-12-6-5-10(7-11(12)19-20-22)14(24)21(9-15(16,17)18)8-13(23)25-4-2/h5-7H,3-4,8-9H2,1-2H3. The van der Waals surface area contributed by atoms with Gasteiger partial charge in [-0.3, -0.25) is 9.59 Å². The number of aryl methyl sites for hydroxylation is 1. The molecule has 2 rings (SSSR count). The second-order valence-corrected chi connectivity index (χ2v) is 5.19. The Hall–Kier alpha value is -2.65. The number of nitrogens with zero attached hydrogens (tertiary/aromatic N) is 4. The molecule has 1 heterocycles. The number of fused-ring (bicyclic) bond motifs is 1. The highest BCUT2D eigenvalue weighted by Crippen LogP contribution is 2.20. The molecule has 1 aromatic heterocycles. The van der Waals surface area contributed by atoms with Gasteiger partial charge in [0.1, 0.15) is 18.6 Å². The minimum Gasteiger partial charge on any atom is -0.465 e. The molecule has 0 saturated carbocycles. The number of halogens is 3. The molecule has 1 aromatic carbocycles. The topological polar surface area (TPSA) is 77.3 Å². The predicted molar refractivity (Wildman–Crippen MR) is 81.8 cm³/mol. The molecule has 0 saturated heterocycles. The molecule has 0 unspecified atom stereocenters. The van der Waals surface area contributed by atoms with E-state index in [2.05, 4.69) is 15.0 Å². The Labute approximate surface area is 141 Å². The summed E-state index contributed by atoms with van der Waals surface area (Å²) in [6.45, 7) is 1.62. The molecule has 25 heavy (non-hydrogen) atoms. The van der Waals surface area contributed by atoms with Gasteiger partial charge in [-0.05, 0) is 32.0 Å². The van der Waals surface area contributed by atoms with Crippen LogP contribution in [0, 0.1) is 0 Å². The molecule has 0 atom stereocenters. The number of benzene rings is 1. The van der Waals surface area contributed by atoms with E-state index in [9.17, 15) is 22.8 Å². The van der Waals surface area contributed by atoms with Crippen molar-refractivity contribution in [3.05, 3.63) is 23.8 Å². The fourth-order valence-electron chi connectivity index (χ4n) is 2.30. The number of ether oxygens (including phenoxy) is 1. The van der Waals surface area contributed by atoms with Gasteiger partial charge in [-0.15, -0.1) is 5.10 Å². The molecule has 0 radical (unpaired) electrons. The van der Waals surface area contributed by atoms with E-state index in [4.69, 9.17) is 0 Å². The summed E-state index contributed by atoms with van der Waals surface area (Å²) in [6, 6.07) is 4.29. The van der Waals surface area contributed by atoms with Crippen molar-refractivity contribution in [2.45, 2.75) is 26.6 Å². The Balaban J connectivity index is 2.29. The fourth-order valence-corrected chi connectivity index (χ4v) is 2.30. The Morgan fingerprint density at radius 3 is 2.60 bits per heavy atom. The van der Waals surface area contributed by atoms with Crippen LogP contribution in [0.1, 0.15) is 24.2 Å². The highest BCUT2D eigenvalue weighted by atomic mass is 19.4. The minimum atomic E-state index is -4.64. The van der Waals surface area contributed by atoms with E-state index in [1.165, 1.54) is 19.1 Å². The third-order valence-electron chi connectivity index (χ3n) is 3.34. The molecule has 10 heteroatoms. The summed E-state index contributed by atoms with van der Waals surface area (Å²) in [6.07, 6.45) is -4.64. The summed E-state index contributed by atoms with van der Waals surface area (Å²) in [4.78, 5) is 24.4. The lowest BCUT2D eigenvalue weighted by Crippen LogP contribution is -2.42. The summed E-state index contributed by atoms with van der Waals surface area (Å²) in [5, 5.41) is 7.76. The number of hydrogen-bond donors (Lipinski definition) is 0. The van der Waals surface area contributed by atoms with E-state index in [1.54, 1.807) is 10.7 Å². The molecule has 0 aliphatic heterocycles. The van der Waals surface area contributed by atoms with Gasteiger partial charge >= 0.3 is 12.1 Å². The molecular weight excluding hydrogens is 341 g/mol. The average Bonchev–Trinajstić information content (AvgIpc) is 2.94. The van der Waals surface area contributed by atoms with Gasteiger partial charge in [-0.1, -0.05) is 5.21 Å². The van der Waals surface area contributed by atoms with Crippen LogP contribution in [0.2, 0.25) is 0 Å². The van der Waals surface area contributed by atoms with Crippen LogP contribution in [-0.2, 0) is 16.1 Å². The molecule has 0 fully saturated rings. The summed E-state index contributed by atoms with van der Waals surface area (Å²) in [5.41, 5.74) is 1.03. The van der Waals surface area contributed by atoms with Crippen molar-refractivity contribution in [2.75, 3.05) is 19.7 Å². The van der Waals surface area contributed by atoms with E-state index >= 15 is 0 Å². The van der Waals surface area contributed by atoms with E-state index in [-0.39, 0.29) is 12.2 Å². The number of hydrogen-bond acceptors (Lipinski definition) is 5. The number of alkyl halides is 3. The van der Waals surface area contributed by atoms with Gasteiger partial charge in [-0.2, -0.15) is 13.2 Å². The summed E-state index contributed by atoms with van der Waals surface area (Å²) in [5.74, 6) is -1.84. The Morgan fingerprint density at radius 1 is 1.28 bits per heavy atom. The monoisotopic (exact) mass is 358 g/mol. The van der Waals surface area contributed by atoms with Crippen molar-refractivity contribution in [2.24, 2.45) is 0 Å². The molecule has 0 N–H and O–H groups in total. The second-order valence-electron chi connectivity index (χ2n) is 5.19. The number of rotatable bonds is 6. The van der Waals surface area contributed by atoms with Gasteiger partial charge in [-0.25, -0.2) is 4.68 Å². The molecule has 0 spiro atoms. The first kappa shape index (κ1) is 18.7. The number of esters is 1. The van der Waals surface area contributed by atoms with Gasteiger partial charge in [0.05, 0.1) is 12.1 Å². The highest BCUT2D eigenvalue weighted by Gasteiger charge is 2.34. The van der Waals surface area contributed by atoms with E-state index < -0.39 is 31.1 Å². The Kier molecular flexibility index (Phi) is 5.60. The summed E-state index contributed by atoms with van der Waals surface area (Å²) < 4.78 is 44.5. The first-order valence-corrected chi connectivity index (χ1v) is 7.60. The van der Waals surface area contributed by atoms with Gasteiger partial charge in [0, 0.05) is 12.1 Å². The SMILES string of the molecule is CCOC(=O)CN(CC(F)(F)F)C(=O)c1ccc2c(c1)nnn2CC. The second kappa shape index (κ2) is 7.49. The van der Waals surface area contributed by atoms with Crippen molar-refractivity contribution >= 4 is 22.9 Å². The van der Waals surface area contributed by atoms with Crippen molar-refractivity contribution in [3.8, 4) is 0 Å². The van der Waals surface area contributed by atoms with Crippen LogP contribution in [0.3, 0.4) is 0 Å². The molecule has 2 aromatic rings. The predicted octanol–water partition coefficient (Wildman–Crippen LogP) is 2.02. The quantitative estimate of drug-likeness (QED) is 0.739. The van der Waals surface area contributed by atoms with Crippen LogP contribution in [0.5, 0.6) is 0 Å². The van der Waals surface area contributed by atoms with Crippen molar-refractivity contribution in [1.82, 2.24) is 19.9 Å². The fraction of sp³-hybridized carbons (Fsp3) is 0.467. The minimum absolute atomic E-state index is 0.01000.